The lowest BCUT2D eigenvalue weighted by atomic mass is 9.97. The fourth-order valence-electron chi connectivity index (χ4n) is 2.70. The Bertz CT molecular complexity index is 646. The molecule has 1 aliphatic rings. The highest BCUT2D eigenvalue weighted by atomic mass is 32.1. The lowest BCUT2D eigenvalue weighted by Gasteiger charge is -2.28. The number of piperidine rings is 1. The van der Waals surface area contributed by atoms with Gasteiger partial charge in [-0.05, 0) is 51.0 Å². The highest BCUT2D eigenvalue weighted by molar-refractivity contribution is 7.21. The average molecular weight is 304 g/mol. The Morgan fingerprint density at radius 1 is 1.52 bits per heavy atom. The van der Waals surface area contributed by atoms with Gasteiger partial charge in [-0.2, -0.15) is 0 Å². The summed E-state index contributed by atoms with van der Waals surface area (Å²) in [6.07, 6.45) is 4.00. The van der Waals surface area contributed by atoms with Crippen LogP contribution in [0.5, 0.6) is 0 Å². The maximum atomic E-state index is 12.3. The number of nitrogens with zero attached hydrogens (tertiary/aromatic N) is 2. The standard InChI is InChI=1S/C15H20N4OS/c1-19-7-4-10(5-8-19)9-18-14(20)13-12(16)11-3-2-6-17-15(11)21-13/h2-3,6,10H,4-5,7-9,16H2,1H3,(H,18,20). The Kier molecular flexibility index (Phi) is 4.07. The Balaban J connectivity index is 1.65. The van der Waals surface area contributed by atoms with Gasteiger partial charge in [-0.3, -0.25) is 4.79 Å². The zero-order chi connectivity index (χ0) is 14.8. The number of fused-ring (bicyclic) bond motifs is 1. The number of carbonyl (C=O) groups is 1. The minimum Gasteiger partial charge on any atom is -0.397 e. The molecule has 1 amide bonds. The van der Waals surface area contributed by atoms with Gasteiger partial charge < -0.3 is 16.0 Å². The maximum absolute atomic E-state index is 12.3. The summed E-state index contributed by atoms with van der Waals surface area (Å²) in [6.45, 7) is 2.94. The number of aromatic nitrogens is 1. The van der Waals surface area contributed by atoms with Crippen LogP contribution in [0.3, 0.4) is 0 Å². The van der Waals surface area contributed by atoms with Crippen LogP contribution in [0, 0.1) is 5.92 Å². The predicted molar refractivity (Wildman–Crippen MR) is 86.6 cm³/mol. The first-order valence-corrected chi connectivity index (χ1v) is 8.06. The van der Waals surface area contributed by atoms with Crippen molar-refractivity contribution in [2.45, 2.75) is 12.8 Å². The summed E-state index contributed by atoms with van der Waals surface area (Å²) in [6, 6.07) is 3.74. The molecule has 21 heavy (non-hydrogen) atoms. The van der Waals surface area contributed by atoms with Crippen molar-refractivity contribution in [1.29, 1.82) is 0 Å². The molecule has 1 saturated heterocycles. The van der Waals surface area contributed by atoms with Crippen LogP contribution in [0.15, 0.2) is 18.3 Å². The largest absolute Gasteiger partial charge is 0.397 e. The zero-order valence-corrected chi connectivity index (χ0v) is 12.9. The van der Waals surface area contributed by atoms with E-state index in [-0.39, 0.29) is 5.91 Å². The molecule has 1 aliphatic heterocycles. The molecule has 3 heterocycles. The first kappa shape index (κ1) is 14.3. The predicted octanol–water partition coefficient (Wildman–Crippen LogP) is 1.95. The first-order chi connectivity index (χ1) is 10.1. The van der Waals surface area contributed by atoms with Gasteiger partial charge in [0.25, 0.3) is 5.91 Å². The number of hydrogen-bond acceptors (Lipinski definition) is 5. The van der Waals surface area contributed by atoms with Crippen molar-refractivity contribution in [3.05, 3.63) is 23.2 Å². The van der Waals surface area contributed by atoms with Gasteiger partial charge in [0.1, 0.15) is 9.71 Å². The molecule has 0 saturated carbocycles. The second-order valence-electron chi connectivity index (χ2n) is 5.66. The van der Waals surface area contributed by atoms with Crippen LogP contribution in [0.2, 0.25) is 0 Å². The molecule has 0 bridgehead atoms. The number of likely N-dealkylation sites (tertiary alicyclic amines) is 1. The number of thiophene rings is 1. The Hall–Kier alpha value is -1.66. The van der Waals surface area contributed by atoms with Crippen molar-refractivity contribution in [3.63, 3.8) is 0 Å². The smallest absolute Gasteiger partial charge is 0.263 e. The number of nitrogens with two attached hydrogens (primary N) is 1. The molecular formula is C15H20N4OS. The van der Waals surface area contributed by atoms with Gasteiger partial charge in [0.05, 0.1) is 5.69 Å². The monoisotopic (exact) mass is 304 g/mol. The SMILES string of the molecule is CN1CCC(CNC(=O)c2sc3ncccc3c2N)CC1. The third kappa shape index (κ3) is 3.01. The molecule has 0 radical (unpaired) electrons. The molecule has 0 aromatic carbocycles. The van der Waals surface area contributed by atoms with E-state index < -0.39 is 0 Å². The number of pyridine rings is 1. The molecule has 0 atom stereocenters. The van der Waals surface area contributed by atoms with Crippen LogP contribution < -0.4 is 11.1 Å². The van der Waals surface area contributed by atoms with Crippen LogP contribution in [-0.4, -0.2) is 42.5 Å². The molecule has 2 aromatic rings. The van der Waals surface area contributed by atoms with Gasteiger partial charge >= 0.3 is 0 Å². The minimum absolute atomic E-state index is 0.0746. The van der Waals surface area contributed by atoms with Crippen molar-refractivity contribution >= 4 is 33.1 Å². The quantitative estimate of drug-likeness (QED) is 0.909. The molecule has 112 valence electrons. The fourth-order valence-corrected chi connectivity index (χ4v) is 3.68. The summed E-state index contributed by atoms with van der Waals surface area (Å²) in [4.78, 5) is 20.3. The summed E-state index contributed by atoms with van der Waals surface area (Å²) >= 11 is 1.36. The van der Waals surface area contributed by atoms with Crippen LogP contribution in [-0.2, 0) is 0 Å². The summed E-state index contributed by atoms with van der Waals surface area (Å²) < 4.78 is 0. The molecule has 0 aliphatic carbocycles. The molecule has 0 spiro atoms. The van der Waals surface area contributed by atoms with Crippen LogP contribution in [0.1, 0.15) is 22.5 Å². The lowest BCUT2D eigenvalue weighted by molar-refractivity contribution is 0.0944. The number of anilines is 1. The van der Waals surface area contributed by atoms with Crippen molar-refractivity contribution in [2.75, 3.05) is 32.4 Å². The van der Waals surface area contributed by atoms with Gasteiger partial charge in [0, 0.05) is 18.1 Å². The first-order valence-electron chi connectivity index (χ1n) is 7.25. The van der Waals surface area contributed by atoms with Gasteiger partial charge in [-0.25, -0.2) is 4.98 Å². The number of nitrogens with one attached hydrogen (secondary N) is 1. The van der Waals surface area contributed by atoms with Crippen molar-refractivity contribution in [3.8, 4) is 0 Å². The van der Waals surface area contributed by atoms with Crippen LogP contribution >= 0.6 is 11.3 Å². The average Bonchev–Trinajstić information content (AvgIpc) is 2.84. The van der Waals surface area contributed by atoms with Crippen molar-refractivity contribution in [1.82, 2.24) is 15.2 Å². The molecule has 5 nitrogen and oxygen atoms in total. The lowest BCUT2D eigenvalue weighted by Crippen LogP contribution is -2.36. The third-order valence-electron chi connectivity index (χ3n) is 4.10. The third-order valence-corrected chi connectivity index (χ3v) is 5.23. The van der Waals surface area contributed by atoms with Gasteiger partial charge in [0.2, 0.25) is 0 Å². The molecule has 6 heteroatoms. The summed E-state index contributed by atoms with van der Waals surface area (Å²) in [5.74, 6) is 0.494. The maximum Gasteiger partial charge on any atom is 0.263 e. The van der Waals surface area contributed by atoms with E-state index in [1.807, 2.05) is 12.1 Å². The van der Waals surface area contributed by atoms with Gasteiger partial charge in [0.15, 0.2) is 0 Å². The highest BCUT2D eigenvalue weighted by Gasteiger charge is 2.20. The van der Waals surface area contributed by atoms with E-state index in [1.165, 1.54) is 11.3 Å². The molecule has 3 N–H and O–H groups in total. The molecular weight excluding hydrogens is 284 g/mol. The minimum atomic E-state index is -0.0746. The van der Waals surface area contributed by atoms with Crippen molar-refractivity contribution in [2.24, 2.45) is 5.92 Å². The van der Waals surface area contributed by atoms with E-state index in [0.717, 1.165) is 42.7 Å². The molecule has 1 fully saturated rings. The van der Waals surface area contributed by atoms with Gasteiger partial charge in [-0.15, -0.1) is 11.3 Å². The number of rotatable bonds is 3. The normalized spacial score (nSPS) is 17.2. The number of nitrogen functional groups attached to an aromatic ring is 1. The second-order valence-corrected chi connectivity index (χ2v) is 6.66. The topological polar surface area (TPSA) is 71.2 Å². The Morgan fingerprint density at radius 3 is 3.00 bits per heavy atom. The van der Waals surface area contributed by atoms with Crippen molar-refractivity contribution < 1.29 is 4.79 Å². The molecule has 2 aromatic heterocycles. The second kappa shape index (κ2) is 5.99. The van der Waals surface area contributed by atoms with E-state index in [1.54, 1.807) is 6.20 Å². The summed E-state index contributed by atoms with van der Waals surface area (Å²) in [5.41, 5.74) is 6.62. The van der Waals surface area contributed by atoms with Gasteiger partial charge in [-0.1, -0.05) is 0 Å². The van der Waals surface area contributed by atoms with E-state index >= 15 is 0 Å². The van der Waals surface area contributed by atoms with E-state index in [9.17, 15) is 4.79 Å². The number of hydrogen-bond donors (Lipinski definition) is 2. The zero-order valence-electron chi connectivity index (χ0n) is 12.1. The number of amides is 1. The molecule has 3 rings (SSSR count). The summed E-state index contributed by atoms with van der Waals surface area (Å²) in [5, 5.41) is 3.90. The summed E-state index contributed by atoms with van der Waals surface area (Å²) in [7, 11) is 2.14. The Morgan fingerprint density at radius 2 is 2.29 bits per heavy atom. The van der Waals surface area contributed by atoms with Crippen LogP contribution in [0.4, 0.5) is 5.69 Å². The fraction of sp³-hybridized carbons (Fsp3) is 0.467. The van der Waals surface area contributed by atoms with Crippen LogP contribution in [0.25, 0.3) is 10.2 Å². The van der Waals surface area contributed by atoms with E-state index in [4.69, 9.17) is 5.73 Å². The van der Waals surface area contributed by atoms with E-state index in [0.29, 0.717) is 16.5 Å². The van der Waals surface area contributed by atoms with E-state index in [2.05, 4.69) is 22.2 Å². The molecule has 0 unspecified atom stereocenters. The number of carbonyl (C=O) groups excluding carboxylic acids is 1. The highest BCUT2D eigenvalue weighted by Crippen LogP contribution is 2.31. The Labute approximate surface area is 128 Å².